The van der Waals surface area contributed by atoms with Crippen molar-refractivity contribution in [3.05, 3.63) is 23.9 Å². The topological polar surface area (TPSA) is 12.4 Å². The summed E-state index contributed by atoms with van der Waals surface area (Å²) >= 11 is 0. The van der Waals surface area contributed by atoms with E-state index in [-0.39, 0.29) is 5.41 Å². The smallest absolute Gasteiger partial charge is 0.0403 e. The molecule has 2 rings (SSSR count). The third-order valence-corrected chi connectivity index (χ3v) is 2.35. The van der Waals surface area contributed by atoms with Crippen LogP contribution in [-0.4, -0.2) is 6.21 Å². The predicted molar refractivity (Wildman–Crippen MR) is 52.2 cm³/mol. The molecule has 64 valence electrons. The van der Waals surface area contributed by atoms with Crippen LogP contribution in [0.5, 0.6) is 0 Å². The van der Waals surface area contributed by atoms with Gasteiger partial charge in [0.15, 0.2) is 0 Å². The Labute approximate surface area is 73.9 Å². The highest BCUT2D eigenvalue weighted by molar-refractivity contribution is 5.73. The minimum Gasteiger partial charge on any atom is -0.261 e. The zero-order valence-corrected chi connectivity index (χ0v) is 7.75. The minimum absolute atomic E-state index is 0.189. The lowest BCUT2D eigenvalue weighted by atomic mass is 9.91. The molecule has 1 nitrogen and oxygen atoms in total. The molecule has 0 radical (unpaired) electrons. The molecule has 0 atom stereocenters. The molecule has 1 fully saturated rings. The van der Waals surface area contributed by atoms with E-state index in [2.05, 4.69) is 31.0 Å². The van der Waals surface area contributed by atoms with Crippen molar-refractivity contribution in [3.63, 3.8) is 0 Å². The van der Waals surface area contributed by atoms with E-state index in [1.165, 1.54) is 18.5 Å². The summed E-state index contributed by atoms with van der Waals surface area (Å²) in [6, 6.07) is 0. The van der Waals surface area contributed by atoms with Crippen LogP contribution in [0.2, 0.25) is 0 Å². The molecule has 0 bridgehead atoms. The molecule has 2 aliphatic rings. The number of rotatable bonds is 1. The van der Waals surface area contributed by atoms with Crippen LogP contribution in [0.1, 0.15) is 26.7 Å². The standard InChI is InChI=1S/C11H15N/c1-11(2)6-3-7-12-10(8-11)9-4-5-9/h3,6-9H,4-5H2,1-2H3. The van der Waals surface area contributed by atoms with Crippen LogP contribution in [0.25, 0.3) is 0 Å². The van der Waals surface area contributed by atoms with Gasteiger partial charge in [-0.25, -0.2) is 0 Å². The second kappa shape index (κ2) is 2.58. The molecule has 0 N–H and O–H groups in total. The first-order valence-corrected chi connectivity index (χ1v) is 4.62. The molecular weight excluding hydrogens is 146 g/mol. The molecule has 0 aromatic carbocycles. The lowest BCUT2D eigenvalue weighted by molar-refractivity contribution is 0.616. The maximum atomic E-state index is 4.43. The van der Waals surface area contributed by atoms with E-state index >= 15 is 0 Å². The molecule has 0 aromatic rings. The van der Waals surface area contributed by atoms with Crippen LogP contribution in [0, 0.1) is 11.3 Å². The van der Waals surface area contributed by atoms with Gasteiger partial charge in [0.05, 0.1) is 0 Å². The van der Waals surface area contributed by atoms with Gasteiger partial charge in [-0.3, -0.25) is 4.99 Å². The molecule has 1 aliphatic carbocycles. The Morgan fingerprint density at radius 1 is 1.42 bits per heavy atom. The van der Waals surface area contributed by atoms with Crippen LogP contribution in [-0.2, 0) is 0 Å². The number of nitrogens with zero attached hydrogens (tertiary/aromatic N) is 1. The largest absolute Gasteiger partial charge is 0.261 e. The minimum atomic E-state index is 0.189. The Balaban J connectivity index is 2.26. The van der Waals surface area contributed by atoms with Gasteiger partial charge in [0.25, 0.3) is 0 Å². The first-order valence-electron chi connectivity index (χ1n) is 4.62. The molecule has 0 saturated heterocycles. The zero-order valence-electron chi connectivity index (χ0n) is 7.75. The van der Waals surface area contributed by atoms with Gasteiger partial charge in [0.1, 0.15) is 0 Å². The molecular formula is C11H15N. The van der Waals surface area contributed by atoms with Gasteiger partial charge in [-0.15, -0.1) is 0 Å². The summed E-state index contributed by atoms with van der Waals surface area (Å²) in [6.07, 6.45) is 11.1. The van der Waals surface area contributed by atoms with E-state index < -0.39 is 0 Å². The molecule has 12 heavy (non-hydrogen) atoms. The lowest BCUT2D eigenvalue weighted by Crippen LogP contribution is -2.03. The predicted octanol–water partition coefficient (Wildman–Crippen LogP) is 2.95. The van der Waals surface area contributed by atoms with E-state index in [1.807, 2.05) is 12.3 Å². The zero-order chi connectivity index (χ0) is 8.60. The van der Waals surface area contributed by atoms with Gasteiger partial charge in [0.2, 0.25) is 0 Å². The molecule has 0 amide bonds. The molecule has 0 aromatic heterocycles. The van der Waals surface area contributed by atoms with Gasteiger partial charge in [-0.1, -0.05) is 26.0 Å². The molecule has 1 aliphatic heterocycles. The van der Waals surface area contributed by atoms with Gasteiger partial charge < -0.3 is 0 Å². The maximum Gasteiger partial charge on any atom is 0.0403 e. The van der Waals surface area contributed by atoms with Crippen LogP contribution in [0.15, 0.2) is 28.9 Å². The van der Waals surface area contributed by atoms with Crippen molar-refractivity contribution in [2.45, 2.75) is 26.7 Å². The summed E-state index contributed by atoms with van der Waals surface area (Å²) < 4.78 is 0. The monoisotopic (exact) mass is 161 g/mol. The second-order valence-corrected chi connectivity index (χ2v) is 4.30. The third kappa shape index (κ3) is 1.66. The Bertz CT molecular complexity index is 265. The summed E-state index contributed by atoms with van der Waals surface area (Å²) in [5, 5.41) is 0. The van der Waals surface area contributed by atoms with Gasteiger partial charge in [-0.2, -0.15) is 0 Å². The summed E-state index contributed by atoms with van der Waals surface area (Å²) in [5.41, 5.74) is 1.49. The number of hydrogen-bond donors (Lipinski definition) is 0. The fraction of sp³-hybridized carbons (Fsp3) is 0.545. The molecule has 1 saturated carbocycles. The summed E-state index contributed by atoms with van der Waals surface area (Å²) in [4.78, 5) is 4.43. The van der Waals surface area contributed by atoms with Gasteiger partial charge >= 0.3 is 0 Å². The number of aliphatic imine (C=N–C) groups is 1. The van der Waals surface area contributed by atoms with Gasteiger partial charge in [-0.05, 0) is 18.9 Å². The van der Waals surface area contributed by atoms with Crippen LogP contribution in [0.4, 0.5) is 0 Å². The highest BCUT2D eigenvalue weighted by atomic mass is 14.8. The fourth-order valence-corrected chi connectivity index (χ4v) is 1.49. The summed E-state index contributed by atoms with van der Waals surface area (Å²) in [7, 11) is 0. The second-order valence-electron chi connectivity index (χ2n) is 4.30. The van der Waals surface area contributed by atoms with Crippen molar-refractivity contribution in [1.29, 1.82) is 0 Å². The highest BCUT2D eigenvalue weighted by Gasteiger charge is 2.27. The lowest BCUT2D eigenvalue weighted by Gasteiger charge is -2.14. The SMILES string of the molecule is CC1(C)C=CC=NC(C2CC2)=C1. The van der Waals surface area contributed by atoms with Crippen molar-refractivity contribution in [2.75, 3.05) is 0 Å². The van der Waals surface area contributed by atoms with Crippen molar-refractivity contribution in [1.82, 2.24) is 0 Å². The molecule has 1 heterocycles. The maximum absolute atomic E-state index is 4.43. The fourth-order valence-electron chi connectivity index (χ4n) is 1.49. The Morgan fingerprint density at radius 3 is 2.83 bits per heavy atom. The highest BCUT2D eigenvalue weighted by Crippen LogP contribution is 2.39. The molecule has 0 spiro atoms. The Morgan fingerprint density at radius 2 is 2.17 bits per heavy atom. The normalized spacial score (nSPS) is 26.7. The average molecular weight is 161 g/mol. The number of hydrogen-bond acceptors (Lipinski definition) is 1. The van der Waals surface area contributed by atoms with Crippen molar-refractivity contribution >= 4 is 6.21 Å². The van der Waals surface area contributed by atoms with E-state index in [0.717, 1.165) is 5.92 Å². The van der Waals surface area contributed by atoms with Gasteiger partial charge in [0, 0.05) is 23.2 Å². The van der Waals surface area contributed by atoms with E-state index in [4.69, 9.17) is 0 Å². The third-order valence-electron chi connectivity index (χ3n) is 2.35. The Kier molecular flexibility index (Phi) is 1.67. The van der Waals surface area contributed by atoms with E-state index in [1.54, 1.807) is 0 Å². The molecule has 0 unspecified atom stereocenters. The van der Waals surface area contributed by atoms with Crippen LogP contribution in [0.3, 0.4) is 0 Å². The first-order chi connectivity index (χ1) is 5.67. The van der Waals surface area contributed by atoms with Crippen molar-refractivity contribution in [3.8, 4) is 0 Å². The average Bonchev–Trinajstić information content (AvgIpc) is 2.73. The quantitative estimate of drug-likeness (QED) is 0.560. The molecule has 1 heteroatoms. The van der Waals surface area contributed by atoms with Crippen molar-refractivity contribution < 1.29 is 0 Å². The number of allylic oxidation sites excluding steroid dienone is 4. The van der Waals surface area contributed by atoms with E-state index in [0.29, 0.717) is 0 Å². The first kappa shape index (κ1) is 7.78. The summed E-state index contributed by atoms with van der Waals surface area (Å²) in [6.45, 7) is 4.45. The summed E-state index contributed by atoms with van der Waals surface area (Å²) in [5.74, 6) is 0.764. The Hall–Kier alpha value is -0.850. The van der Waals surface area contributed by atoms with Crippen LogP contribution >= 0.6 is 0 Å². The van der Waals surface area contributed by atoms with Crippen molar-refractivity contribution in [2.24, 2.45) is 16.3 Å². The van der Waals surface area contributed by atoms with Crippen LogP contribution < -0.4 is 0 Å². The van der Waals surface area contributed by atoms with E-state index in [9.17, 15) is 0 Å².